The molecule has 2 aromatic rings. The Morgan fingerprint density at radius 3 is 2.24 bits per heavy atom. The lowest BCUT2D eigenvalue weighted by Gasteiger charge is -2.32. The second-order valence-corrected chi connectivity index (χ2v) is 8.55. The normalized spacial score (nSPS) is 16.1. The third-order valence-electron chi connectivity index (χ3n) is 6.50. The number of piperidine rings is 1. The summed E-state index contributed by atoms with van der Waals surface area (Å²) in [5.74, 6) is 1.47. The Bertz CT molecular complexity index is 1050. The molecule has 0 radical (unpaired) electrons. The van der Waals surface area contributed by atoms with Gasteiger partial charge < -0.3 is 19.7 Å². The highest BCUT2D eigenvalue weighted by Crippen LogP contribution is 2.28. The number of fused-ring (bicyclic) bond motifs is 1. The molecule has 1 fully saturated rings. The van der Waals surface area contributed by atoms with E-state index in [1.807, 2.05) is 18.2 Å². The van der Waals surface area contributed by atoms with Crippen LogP contribution in [0.25, 0.3) is 0 Å². The van der Waals surface area contributed by atoms with Gasteiger partial charge in [0.15, 0.2) is 0 Å². The van der Waals surface area contributed by atoms with Gasteiger partial charge in [-0.15, -0.1) is 0 Å². The van der Waals surface area contributed by atoms with Gasteiger partial charge in [0.2, 0.25) is 0 Å². The fourth-order valence-corrected chi connectivity index (χ4v) is 4.45. The molecular weight excluding hydrogens is 422 g/mol. The van der Waals surface area contributed by atoms with E-state index in [4.69, 9.17) is 9.47 Å². The minimum absolute atomic E-state index is 0.184. The van der Waals surface area contributed by atoms with Gasteiger partial charge in [0.1, 0.15) is 11.5 Å². The highest BCUT2D eigenvalue weighted by molar-refractivity contribution is 6.21. The third kappa shape index (κ3) is 4.79. The SMILES string of the molecule is COc1cc(CCC2CCN(C(=O)Nc3ccc4c(c3)C(=O)N(C)C4=O)CC2)cc(OC)c1. The summed E-state index contributed by atoms with van der Waals surface area (Å²) in [7, 11) is 4.76. The number of imide groups is 1. The van der Waals surface area contributed by atoms with Crippen molar-refractivity contribution in [3.05, 3.63) is 53.1 Å². The molecule has 0 bridgehead atoms. The Hall–Kier alpha value is -3.55. The molecule has 0 spiro atoms. The molecule has 0 aliphatic carbocycles. The molecule has 4 rings (SSSR count). The van der Waals surface area contributed by atoms with E-state index in [1.54, 1.807) is 37.3 Å². The minimum Gasteiger partial charge on any atom is -0.497 e. The molecule has 1 N–H and O–H groups in total. The molecule has 174 valence electrons. The monoisotopic (exact) mass is 451 g/mol. The summed E-state index contributed by atoms with van der Waals surface area (Å²) >= 11 is 0. The van der Waals surface area contributed by atoms with Crippen LogP contribution in [0.3, 0.4) is 0 Å². The maximum Gasteiger partial charge on any atom is 0.321 e. The topological polar surface area (TPSA) is 88.2 Å². The van der Waals surface area contributed by atoms with E-state index in [2.05, 4.69) is 5.32 Å². The average molecular weight is 452 g/mol. The Morgan fingerprint density at radius 2 is 1.61 bits per heavy atom. The standard InChI is InChI=1S/C25H29N3O5/c1-27-23(29)21-7-6-18(14-22(21)24(27)30)26-25(31)28-10-8-16(9-11-28)4-5-17-12-19(32-2)15-20(13-17)33-3/h6-7,12-16H,4-5,8-11H2,1-3H3,(H,26,31). The van der Waals surface area contributed by atoms with Gasteiger partial charge in [-0.1, -0.05) is 0 Å². The lowest BCUT2D eigenvalue weighted by molar-refractivity contribution is 0.0693. The number of ether oxygens (including phenoxy) is 2. The summed E-state index contributed by atoms with van der Waals surface area (Å²) in [6.45, 7) is 1.37. The van der Waals surface area contributed by atoms with Crippen molar-refractivity contribution in [3.63, 3.8) is 0 Å². The molecule has 1 saturated heterocycles. The molecule has 4 amide bonds. The summed E-state index contributed by atoms with van der Waals surface area (Å²) in [6, 6.07) is 10.6. The zero-order valence-corrected chi connectivity index (χ0v) is 19.2. The first-order chi connectivity index (χ1) is 15.9. The summed E-state index contributed by atoms with van der Waals surface area (Å²) < 4.78 is 10.7. The molecule has 2 heterocycles. The van der Waals surface area contributed by atoms with E-state index in [1.165, 1.54) is 12.6 Å². The van der Waals surface area contributed by atoms with Crippen molar-refractivity contribution < 1.29 is 23.9 Å². The smallest absolute Gasteiger partial charge is 0.321 e. The second-order valence-electron chi connectivity index (χ2n) is 8.55. The van der Waals surface area contributed by atoms with Crippen molar-refractivity contribution in [2.24, 2.45) is 5.92 Å². The number of amides is 4. The van der Waals surface area contributed by atoms with Crippen LogP contribution in [0, 0.1) is 5.92 Å². The Balaban J connectivity index is 1.29. The highest BCUT2D eigenvalue weighted by Gasteiger charge is 2.33. The van der Waals surface area contributed by atoms with Crippen molar-refractivity contribution in [3.8, 4) is 11.5 Å². The van der Waals surface area contributed by atoms with Gasteiger partial charge >= 0.3 is 6.03 Å². The van der Waals surface area contributed by atoms with Crippen LogP contribution in [-0.4, -0.2) is 62.0 Å². The molecule has 33 heavy (non-hydrogen) atoms. The molecule has 2 aliphatic heterocycles. The van der Waals surface area contributed by atoms with Crippen LogP contribution in [0.15, 0.2) is 36.4 Å². The van der Waals surface area contributed by atoms with Crippen molar-refractivity contribution in [1.29, 1.82) is 0 Å². The van der Waals surface area contributed by atoms with Gasteiger partial charge in [0.25, 0.3) is 11.8 Å². The predicted molar refractivity (Wildman–Crippen MR) is 124 cm³/mol. The molecule has 0 saturated carbocycles. The zero-order chi connectivity index (χ0) is 23.5. The lowest BCUT2D eigenvalue weighted by Crippen LogP contribution is -2.41. The lowest BCUT2D eigenvalue weighted by atomic mass is 9.90. The summed E-state index contributed by atoms with van der Waals surface area (Å²) in [6.07, 6.45) is 3.86. The predicted octanol–water partition coefficient (Wildman–Crippen LogP) is 3.81. The number of hydrogen-bond donors (Lipinski definition) is 1. The molecule has 8 heteroatoms. The Kier molecular flexibility index (Phi) is 6.53. The number of urea groups is 1. The van der Waals surface area contributed by atoms with Crippen molar-refractivity contribution in [1.82, 2.24) is 9.80 Å². The van der Waals surface area contributed by atoms with Crippen LogP contribution in [0.1, 0.15) is 45.5 Å². The highest BCUT2D eigenvalue weighted by atomic mass is 16.5. The van der Waals surface area contributed by atoms with Crippen LogP contribution in [0.2, 0.25) is 0 Å². The Morgan fingerprint density at radius 1 is 0.970 bits per heavy atom. The number of rotatable bonds is 6. The van der Waals surface area contributed by atoms with Gasteiger partial charge in [-0.05, 0) is 67.5 Å². The number of methoxy groups -OCH3 is 2. The van der Waals surface area contributed by atoms with Gasteiger partial charge in [0, 0.05) is 31.9 Å². The van der Waals surface area contributed by atoms with Crippen molar-refractivity contribution in [2.45, 2.75) is 25.7 Å². The molecule has 0 atom stereocenters. The number of carbonyl (C=O) groups excluding carboxylic acids is 3. The minimum atomic E-state index is -0.347. The van der Waals surface area contributed by atoms with Crippen LogP contribution in [-0.2, 0) is 6.42 Å². The maximum absolute atomic E-state index is 12.7. The zero-order valence-electron chi connectivity index (χ0n) is 19.2. The van der Waals surface area contributed by atoms with Gasteiger partial charge in [-0.3, -0.25) is 14.5 Å². The number of benzene rings is 2. The number of likely N-dealkylation sites (tertiary alicyclic amines) is 1. The summed E-state index contributed by atoms with van der Waals surface area (Å²) in [5, 5.41) is 2.87. The van der Waals surface area contributed by atoms with E-state index in [0.29, 0.717) is 35.8 Å². The van der Waals surface area contributed by atoms with E-state index in [0.717, 1.165) is 42.1 Å². The molecule has 0 aromatic heterocycles. The van der Waals surface area contributed by atoms with Crippen LogP contribution in [0.4, 0.5) is 10.5 Å². The second kappa shape index (κ2) is 9.52. The Labute approximate surface area is 193 Å². The summed E-state index contributed by atoms with van der Waals surface area (Å²) in [4.78, 5) is 39.8. The first-order valence-corrected chi connectivity index (χ1v) is 11.1. The summed E-state index contributed by atoms with van der Waals surface area (Å²) in [5.41, 5.74) is 2.40. The molecular formula is C25H29N3O5. The average Bonchev–Trinajstić information content (AvgIpc) is 3.06. The van der Waals surface area contributed by atoms with Gasteiger partial charge in [0.05, 0.1) is 25.3 Å². The number of carbonyl (C=O) groups is 3. The largest absolute Gasteiger partial charge is 0.497 e. The van der Waals surface area contributed by atoms with Crippen molar-refractivity contribution >= 4 is 23.5 Å². The number of anilines is 1. The number of aryl methyl sites for hydroxylation is 1. The van der Waals surface area contributed by atoms with Crippen molar-refractivity contribution in [2.75, 3.05) is 39.7 Å². The molecule has 2 aromatic carbocycles. The van der Waals surface area contributed by atoms with E-state index in [9.17, 15) is 14.4 Å². The van der Waals surface area contributed by atoms with Gasteiger partial charge in [-0.25, -0.2) is 4.79 Å². The van der Waals surface area contributed by atoms with E-state index >= 15 is 0 Å². The van der Waals surface area contributed by atoms with Gasteiger partial charge in [-0.2, -0.15) is 0 Å². The molecule has 2 aliphatic rings. The van der Waals surface area contributed by atoms with Crippen LogP contribution < -0.4 is 14.8 Å². The van der Waals surface area contributed by atoms with E-state index in [-0.39, 0.29) is 17.8 Å². The fraction of sp³-hybridized carbons (Fsp3) is 0.400. The van der Waals surface area contributed by atoms with Crippen LogP contribution in [0.5, 0.6) is 11.5 Å². The molecule has 8 nitrogen and oxygen atoms in total. The van der Waals surface area contributed by atoms with Crippen LogP contribution >= 0.6 is 0 Å². The first kappa shape index (κ1) is 22.6. The van der Waals surface area contributed by atoms with E-state index < -0.39 is 0 Å². The first-order valence-electron chi connectivity index (χ1n) is 11.1. The number of nitrogens with zero attached hydrogens (tertiary/aromatic N) is 2. The number of nitrogens with one attached hydrogen (secondary N) is 1. The molecule has 0 unspecified atom stereocenters. The number of hydrogen-bond acceptors (Lipinski definition) is 5. The maximum atomic E-state index is 12.7. The quantitative estimate of drug-likeness (QED) is 0.675. The third-order valence-corrected chi connectivity index (χ3v) is 6.50. The fourth-order valence-electron chi connectivity index (χ4n) is 4.45.